The van der Waals surface area contributed by atoms with E-state index in [-0.39, 0.29) is 5.41 Å². The Morgan fingerprint density at radius 3 is 2.72 bits per heavy atom. The van der Waals surface area contributed by atoms with Crippen molar-refractivity contribution >= 4 is 0 Å². The molecular formula is C15H23NO2. The van der Waals surface area contributed by atoms with Gasteiger partial charge in [-0.05, 0) is 30.5 Å². The third-order valence-corrected chi connectivity index (χ3v) is 3.53. The number of hydrogen-bond donors (Lipinski definition) is 1. The van der Waals surface area contributed by atoms with E-state index in [2.05, 4.69) is 26.0 Å². The summed E-state index contributed by atoms with van der Waals surface area (Å²) in [6.07, 6.45) is 0.987. The van der Waals surface area contributed by atoms with Crippen molar-refractivity contribution in [1.29, 1.82) is 0 Å². The van der Waals surface area contributed by atoms with Crippen molar-refractivity contribution < 1.29 is 9.47 Å². The molecule has 0 saturated carbocycles. The van der Waals surface area contributed by atoms with Crippen LogP contribution in [0.4, 0.5) is 0 Å². The number of ether oxygens (including phenoxy) is 2. The third kappa shape index (κ3) is 3.03. The van der Waals surface area contributed by atoms with Gasteiger partial charge in [-0.3, -0.25) is 0 Å². The van der Waals surface area contributed by atoms with Crippen LogP contribution in [0.15, 0.2) is 24.3 Å². The Hall–Kier alpha value is -1.06. The van der Waals surface area contributed by atoms with E-state index in [0.717, 1.165) is 32.0 Å². The van der Waals surface area contributed by atoms with E-state index in [9.17, 15) is 0 Å². The van der Waals surface area contributed by atoms with Crippen molar-refractivity contribution in [2.24, 2.45) is 11.1 Å². The van der Waals surface area contributed by atoms with Crippen LogP contribution < -0.4 is 10.5 Å². The summed E-state index contributed by atoms with van der Waals surface area (Å²) in [6, 6.07) is 8.26. The maximum Gasteiger partial charge on any atom is 0.122 e. The second-order valence-electron chi connectivity index (χ2n) is 5.61. The smallest absolute Gasteiger partial charge is 0.122 e. The molecule has 1 fully saturated rings. The molecule has 0 aromatic heterocycles. The molecule has 0 radical (unpaired) electrons. The number of hydrogen-bond acceptors (Lipinski definition) is 3. The molecule has 1 aromatic carbocycles. The lowest BCUT2D eigenvalue weighted by Gasteiger charge is -2.37. The van der Waals surface area contributed by atoms with Gasteiger partial charge in [-0.15, -0.1) is 0 Å². The minimum atomic E-state index is 0.185. The summed E-state index contributed by atoms with van der Waals surface area (Å²) in [4.78, 5) is 0. The minimum Gasteiger partial charge on any atom is -0.493 e. The molecule has 1 aliphatic rings. The quantitative estimate of drug-likeness (QED) is 0.842. The zero-order valence-electron chi connectivity index (χ0n) is 11.3. The van der Waals surface area contributed by atoms with Crippen LogP contribution in [0.1, 0.15) is 31.7 Å². The highest BCUT2D eigenvalue weighted by Crippen LogP contribution is 2.32. The van der Waals surface area contributed by atoms with Gasteiger partial charge in [0, 0.05) is 5.41 Å². The lowest BCUT2D eigenvalue weighted by atomic mass is 9.90. The van der Waals surface area contributed by atoms with Gasteiger partial charge >= 0.3 is 0 Å². The van der Waals surface area contributed by atoms with E-state index in [4.69, 9.17) is 15.2 Å². The van der Waals surface area contributed by atoms with Gasteiger partial charge in [-0.1, -0.05) is 32.0 Å². The van der Waals surface area contributed by atoms with Crippen LogP contribution in [-0.2, 0) is 4.74 Å². The highest BCUT2D eigenvalue weighted by molar-refractivity contribution is 5.36. The van der Waals surface area contributed by atoms with Crippen LogP contribution in [0.2, 0.25) is 0 Å². The topological polar surface area (TPSA) is 44.5 Å². The molecule has 3 nitrogen and oxygen atoms in total. The Balaban J connectivity index is 2.02. The van der Waals surface area contributed by atoms with E-state index >= 15 is 0 Å². The SMILES string of the molecule is CC(CCN)c1ccccc1OCC1(C)COC1. The predicted molar refractivity (Wildman–Crippen MR) is 72.9 cm³/mol. The maximum atomic E-state index is 5.99. The lowest BCUT2D eigenvalue weighted by molar-refractivity contribution is -0.120. The first kappa shape index (κ1) is 13.4. The van der Waals surface area contributed by atoms with Crippen LogP contribution in [0.3, 0.4) is 0 Å². The number of para-hydroxylation sites is 1. The predicted octanol–water partition coefficient (Wildman–Crippen LogP) is 2.55. The van der Waals surface area contributed by atoms with Crippen molar-refractivity contribution in [3.05, 3.63) is 29.8 Å². The van der Waals surface area contributed by atoms with Crippen molar-refractivity contribution in [3.8, 4) is 5.75 Å². The molecule has 1 heterocycles. The van der Waals surface area contributed by atoms with E-state index in [1.807, 2.05) is 12.1 Å². The van der Waals surface area contributed by atoms with E-state index in [1.165, 1.54) is 5.56 Å². The number of rotatable bonds is 6. The molecule has 1 unspecified atom stereocenters. The van der Waals surface area contributed by atoms with Crippen LogP contribution in [0.25, 0.3) is 0 Å². The highest BCUT2D eigenvalue weighted by atomic mass is 16.5. The minimum absolute atomic E-state index is 0.185. The Bertz CT molecular complexity index is 388. The van der Waals surface area contributed by atoms with Crippen LogP contribution >= 0.6 is 0 Å². The number of benzene rings is 1. The zero-order valence-corrected chi connectivity index (χ0v) is 11.3. The fourth-order valence-electron chi connectivity index (χ4n) is 2.21. The Labute approximate surface area is 109 Å². The maximum absolute atomic E-state index is 5.99. The number of nitrogens with two attached hydrogens (primary N) is 1. The molecule has 0 amide bonds. The average molecular weight is 249 g/mol. The first-order valence-electron chi connectivity index (χ1n) is 6.64. The van der Waals surface area contributed by atoms with Crippen LogP contribution in [0.5, 0.6) is 5.75 Å². The monoisotopic (exact) mass is 249 g/mol. The molecule has 0 aliphatic carbocycles. The summed E-state index contributed by atoms with van der Waals surface area (Å²) in [5, 5.41) is 0. The largest absolute Gasteiger partial charge is 0.493 e. The average Bonchev–Trinajstić information content (AvgIpc) is 2.35. The van der Waals surface area contributed by atoms with Gasteiger partial charge in [-0.25, -0.2) is 0 Å². The zero-order chi connectivity index (χ0) is 13.0. The molecule has 100 valence electrons. The summed E-state index contributed by atoms with van der Waals surface area (Å²) in [5.74, 6) is 1.43. The fourth-order valence-corrected chi connectivity index (χ4v) is 2.21. The first-order chi connectivity index (χ1) is 8.64. The molecule has 0 bridgehead atoms. The molecule has 0 spiro atoms. The normalized spacial score (nSPS) is 19.1. The molecule has 3 heteroatoms. The van der Waals surface area contributed by atoms with Crippen molar-refractivity contribution in [2.45, 2.75) is 26.2 Å². The molecule has 1 aromatic rings. The summed E-state index contributed by atoms with van der Waals surface area (Å²) in [7, 11) is 0. The summed E-state index contributed by atoms with van der Waals surface area (Å²) in [5.41, 5.74) is 7.07. The van der Waals surface area contributed by atoms with Gasteiger partial charge in [0.2, 0.25) is 0 Å². The summed E-state index contributed by atoms with van der Waals surface area (Å²) < 4.78 is 11.2. The van der Waals surface area contributed by atoms with Gasteiger partial charge in [0.25, 0.3) is 0 Å². The summed E-state index contributed by atoms with van der Waals surface area (Å²) >= 11 is 0. The second-order valence-corrected chi connectivity index (χ2v) is 5.61. The standard InChI is InChI=1S/C15H23NO2/c1-12(7-8-16)13-5-3-4-6-14(13)18-11-15(2)9-17-10-15/h3-6,12H,7-11,16H2,1-2H3. The third-order valence-electron chi connectivity index (χ3n) is 3.53. The Morgan fingerprint density at radius 1 is 1.39 bits per heavy atom. The Morgan fingerprint density at radius 2 is 2.11 bits per heavy atom. The van der Waals surface area contributed by atoms with Crippen LogP contribution in [0, 0.1) is 5.41 Å². The van der Waals surface area contributed by atoms with Gasteiger partial charge < -0.3 is 15.2 Å². The molecule has 18 heavy (non-hydrogen) atoms. The van der Waals surface area contributed by atoms with Gasteiger partial charge in [-0.2, -0.15) is 0 Å². The van der Waals surface area contributed by atoms with Crippen molar-refractivity contribution in [3.63, 3.8) is 0 Å². The van der Waals surface area contributed by atoms with E-state index < -0.39 is 0 Å². The van der Waals surface area contributed by atoms with Gasteiger partial charge in [0.05, 0.1) is 19.8 Å². The van der Waals surface area contributed by atoms with E-state index in [0.29, 0.717) is 12.5 Å². The molecular weight excluding hydrogens is 226 g/mol. The van der Waals surface area contributed by atoms with Crippen molar-refractivity contribution in [1.82, 2.24) is 0 Å². The Kier molecular flexibility index (Phi) is 4.25. The fraction of sp³-hybridized carbons (Fsp3) is 0.600. The molecule has 1 aliphatic heterocycles. The van der Waals surface area contributed by atoms with E-state index in [1.54, 1.807) is 0 Å². The molecule has 1 saturated heterocycles. The first-order valence-corrected chi connectivity index (χ1v) is 6.64. The molecule has 2 rings (SSSR count). The lowest BCUT2D eigenvalue weighted by Crippen LogP contribution is -2.44. The van der Waals surface area contributed by atoms with Crippen LogP contribution in [-0.4, -0.2) is 26.4 Å². The van der Waals surface area contributed by atoms with Crippen molar-refractivity contribution in [2.75, 3.05) is 26.4 Å². The summed E-state index contributed by atoms with van der Waals surface area (Å²) in [6.45, 7) is 7.42. The molecule has 2 N–H and O–H groups in total. The highest BCUT2D eigenvalue weighted by Gasteiger charge is 2.34. The second kappa shape index (κ2) is 5.72. The van der Waals surface area contributed by atoms with Gasteiger partial charge in [0.1, 0.15) is 5.75 Å². The molecule has 1 atom stereocenters. The van der Waals surface area contributed by atoms with Gasteiger partial charge in [0.15, 0.2) is 0 Å².